The second-order valence-electron chi connectivity index (χ2n) is 3.16. The predicted octanol–water partition coefficient (Wildman–Crippen LogP) is -1.39. The van der Waals surface area contributed by atoms with Crippen LogP contribution in [0.4, 0.5) is 0 Å². The Morgan fingerprint density at radius 2 is 2.06 bits per heavy atom. The predicted molar refractivity (Wildman–Crippen MR) is 77.5 cm³/mol. The summed E-state index contributed by atoms with van der Waals surface area (Å²) in [5.41, 5.74) is 11.1. The molecule has 0 aliphatic carbocycles. The van der Waals surface area contributed by atoms with Crippen LogP contribution in [0.3, 0.4) is 0 Å². The molecule has 0 aromatic rings. The molecule has 0 aromatic heterocycles. The van der Waals surface area contributed by atoms with E-state index < -0.39 is 22.4 Å². The van der Waals surface area contributed by atoms with Crippen molar-refractivity contribution in [3.8, 4) is 0 Å². The summed E-state index contributed by atoms with van der Waals surface area (Å²) in [6.07, 6.45) is 0. The number of carbonyl (C=O) groups is 2. The Hall–Kier alpha value is 0.469. The standard InChI is InChI=1S/C8H14N2O4S2Se2/c9-5(6(11)12)3-15-16-4-8(10,7(13)14)18-2-1-17/h1,5H,2-4,9-10H2,(H,11,12)(H,13,14). The van der Waals surface area contributed by atoms with Gasteiger partial charge in [0.25, 0.3) is 0 Å². The van der Waals surface area contributed by atoms with Crippen molar-refractivity contribution < 1.29 is 19.8 Å². The molecule has 0 rings (SSSR count). The van der Waals surface area contributed by atoms with E-state index in [0.29, 0.717) is 5.32 Å². The van der Waals surface area contributed by atoms with Gasteiger partial charge in [-0.3, -0.25) is 0 Å². The molecule has 2 atom stereocenters. The van der Waals surface area contributed by atoms with Crippen LogP contribution in [0.2, 0.25) is 5.32 Å². The molecule has 18 heavy (non-hydrogen) atoms. The van der Waals surface area contributed by atoms with Crippen LogP contribution in [0.25, 0.3) is 0 Å². The van der Waals surface area contributed by atoms with Crippen molar-refractivity contribution in [2.24, 2.45) is 11.5 Å². The van der Waals surface area contributed by atoms with Gasteiger partial charge in [-0.05, 0) is 0 Å². The third kappa shape index (κ3) is 7.15. The Kier molecular flexibility index (Phi) is 9.63. The first-order valence-corrected chi connectivity index (χ1v) is 10.2. The molecule has 0 amide bonds. The fraction of sp³-hybridized carbons (Fsp3) is 0.625. The van der Waals surface area contributed by atoms with Crippen LogP contribution >= 0.6 is 21.6 Å². The second kappa shape index (κ2) is 9.38. The van der Waals surface area contributed by atoms with Gasteiger partial charge in [0.05, 0.1) is 0 Å². The number of carboxylic acids is 2. The van der Waals surface area contributed by atoms with Gasteiger partial charge in [-0.25, -0.2) is 0 Å². The zero-order valence-electron chi connectivity index (χ0n) is 9.27. The van der Waals surface area contributed by atoms with Crippen LogP contribution < -0.4 is 11.5 Å². The zero-order chi connectivity index (χ0) is 14.2. The number of carboxylic acid groups (broad SMARTS) is 2. The van der Waals surface area contributed by atoms with E-state index >= 15 is 0 Å². The molecule has 0 heterocycles. The van der Waals surface area contributed by atoms with E-state index in [4.69, 9.17) is 21.7 Å². The van der Waals surface area contributed by atoms with Crippen molar-refractivity contribution >= 4 is 69.0 Å². The van der Waals surface area contributed by atoms with Crippen LogP contribution in [0.1, 0.15) is 0 Å². The molecule has 0 aromatic carbocycles. The summed E-state index contributed by atoms with van der Waals surface area (Å²) in [6, 6.07) is -0.941. The summed E-state index contributed by atoms with van der Waals surface area (Å²) in [4.78, 5) is 23.3. The summed E-state index contributed by atoms with van der Waals surface area (Å²) in [7, 11) is 2.47. The van der Waals surface area contributed by atoms with E-state index in [0.717, 1.165) is 0 Å². The SMILES string of the molecule is NC(CSSCC(N)([Se]CC=[Se])C(=O)O)C(=O)O. The fourth-order valence-electron chi connectivity index (χ4n) is 0.670. The summed E-state index contributed by atoms with van der Waals surface area (Å²) in [6.45, 7) is 0. The topological polar surface area (TPSA) is 127 Å². The van der Waals surface area contributed by atoms with Crippen LogP contribution in [-0.4, -0.2) is 79.6 Å². The van der Waals surface area contributed by atoms with Gasteiger partial charge in [0.1, 0.15) is 0 Å². The van der Waals surface area contributed by atoms with Gasteiger partial charge in [0.15, 0.2) is 0 Å². The van der Waals surface area contributed by atoms with Crippen molar-refractivity contribution in [1.82, 2.24) is 0 Å². The van der Waals surface area contributed by atoms with Crippen molar-refractivity contribution in [2.45, 2.75) is 15.8 Å². The van der Waals surface area contributed by atoms with Gasteiger partial charge in [-0.1, -0.05) is 0 Å². The molecular formula is C8H14N2O4S2Se2. The Bertz CT molecular complexity index is 321. The minimum atomic E-state index is -1.24. The minimum absolute atomic E-state index is 0.219. The van der Waals surface area contributed by atoms with Gasteiger partial charge >= 0.3 is 128 Å². The molecule has 10 heteroatoms. The third-order valence-electron chi connectivity index (χ3n) is 1.69. The van der Waals surface area contributed by atoms with Gasteiger partial charge in [0, 0.05) is 0 Å². The summed E-state index contributed by atoms with van der Waals surface area (Å²) in [5, 5.41) is 18.3. The first-order valence-electron chi connectivity index (χ1n) is 4.66. The molecule has 6 N–H and O–H groups in total. The molecule has 104 valence electrons. The van der Waals surface area contributed by atoms with E-state index in [2.05, 4.69) is 15.6 Å². The molecule has 0 saturated carbocycles. The summed E-state index contributed by atoms with van der Waals surface area (Å²) >= 11 is 2.44. The van der Waals surface area contributed by atoms with Crippen molar-refractivity contribution in [3.63, 3.8) is 0 Å². The third-order valence-corrected chi connectivity index (χ3v) is 8.47. The van der Waals surface area contributed by atoms with Gasteiger partial charge < -0.3 is 0 Å². The van der Waals surface area contributed by atoms with E-state index in [1.54, 1.807) is 4.92 Å². The number of rotatable bonds is 10. The molecule has 0 aliphatic heterocycles. The quantitative estimate of drug-likeness (QED) is 0.192. The zero-order valence-corrected chi connectivity index (χ0v) is 14.3. The number of hydrogen-bond acceptors (Lipinski definition) is 6. The molecule has 2 unspecified atom stereocenters. The number of hydrogen-bond donors (Lipinski definition) is 4. The van der Waals surface area contributed by atoms with Crippen LogP contribution in [0.5, 0.6) is 0 Å². The average Bonchev–Trinajstić information content (AvgIpc) is 2.31. The first-order chi connectivity index (χ1) is 8.33. The molecule has 0 fully saturated rings. The second-order valence-corrected chi connectivity index (χ2v) is 9.20. The number of nitrogens with two attached hydrogens (primary N) is 2. The van der Waals surface area contributed by atoms with Gasteiger partial charge in [-0.2, -0.15) is 0 Å². The molecule has 0 spiro atoms. The summed E-state index contributed by atoms with van der Waals surface area (Å²) in [5.74, 6) is -1.65. The maximum atomic E-state index is 11.1. The van der Waals surface area contributed by atoms with Crippen LogP contribution in [0.15, 0.2) is 0 Å². The summed E-state index contributed by atoms with van der Waals surface area (Å²) < 4.78 is -1.24. The Morgan fingerprint density at radius 1 is 1.44 bits per heavy atom. The molecular weight excluding hydrogens is 410 g/mol. The van der Waals surface area contributed by atoms with Crippen molar-refractivity contribution in [2.75, 3.05) is 11.5 Å². The van der Waals surface area contributed by atoms with E-state index in [9.17, 15) is 9.59 Å². The van der Waals surface area contributed by atoms with E-state index in [-0.39, 0.29) is 26.5 Å². The van der Waals surface area contributed by atoms with Gasteiger partial charge in [0.2, 0.25) is 0 Å². The van der Waals surface area contributed by atoms with Crippen LogP contribution in [0, 0.1) is 0 Å². The monoisotopic (exact) mass is 426 g/mol. The average molecular weight is 424 g/mol. The molecule has 0 saturated heterocycles. The number of aliphatic carboxylic acids is 2. The Balaban J connectivity index is 4.09. The maximum absolute atomic E-state index is 11.1. The van der Waals surface area contributed by atoms with E-state index in [1.165, 1.54) is 21.6 Å². The van der Waals surface area contributed by atoms with Gasteiger partial charge in [-0.15, -0.1) is 0 Å². The first kappa shape index (κ1) is 18.5. The van der Waals surface area contributed by atoms with E-state index in [1.807, 2.05) is 0 Å². The molecule has 0 bridgehead atoms. The normalized spacial score (nSPS) is 15.7. The Morgan fingerprint density at radius 3 is 2.50 bits per heavy atom. The molecule has 6 nitrogen and oxygen atoms in total. The van der Waals surface area contributed by atoms with Crippen molar-refractivity contribution in [3.05, 3.63) is 0 Å². The Labute approximate surface area is 127 Å². The molecule has 0 radical (unpaired) electrons. The van der Waals surface area contributed by atoms with Crippen molar-refractivity contribution in [1.29, 1.82) is 0 Å². The fourth-order valence-corrected chi connectivity index (χ4v) is 6.22. The molecule has 0 aliphatic rings. The van der Waals surface area contributed by atoms with Crippen LogP contribution in [-0.2, 0) is 9.59 Å².